The molecular formula is C12H22F3N3O3. The summed E-state index contributed by atoms with van der Waals surface area (Å²) in [7, 11) is 3.54. The molecule has 9 heteroatoms. The summed E-state index contributed by atoms with van der Waals surface area (Å²) in [6, 6.07) is -1.41. The van der Waals surface area contributed by atoms with Crippen LogP contribution in [0.15, 0.2) is 0 Å². The van der Waals surface area contributed by atoms with E-state index in [1.54, 1.807) is 19.0 Å². The first-order chi connectivity index (χ1) is 9.42. The summed E-state index contributed by atoms with van der Waals surface area (Å²) in [5, 5.41) is 11.1. The second-order valence-corrected chi connectivity index (χ2v) is 5.43. The average Bonchev–Trinajstić information content (AvgIpc) is 2.23. The summed E-state index contributed by atoms with van der Waals surface area (Å²) in [6.07, 6.45) is -4.65. The van der Waals surface area contributed by atoms with Crippen molar-refractivity contribution in [2.75, 3.05) is 33.7 Å². The Hall–Kier alpha value is -1.51. The molecule has 21 heavy (non-hydrogen) atoms. The van der Waals surface area contributed by atoms with E-state index in [9.17, 15) is 22.8 Å². The summed E-state index contributed by atoms with van der Waals surface area (Å²) in [4.78, 5) is 24.5. The lowest BCUT2D eigenvalue weighted by molar-refractivity contribution is -0.149. The third-order valence-corrected chi connectivity index (χ3v) is 2.66. The zero-order valence-electron chi connectivity index (χ0n) is 12.6. The molecule has 6 nitrogen and oxygen atoms in total. The first-order valence-electron chi connectivity index (χ1n) is 6.41. The van der Waals surface area contributed by atoms with Gasteiger partial charge < -0.3 is 20.2 Å². The van der Waals surface area contributed by atoms with E-state index in [2.05, 4.69) is 5.32 Å². The van der Waals surface area contributed by atoms with Crippen LogP contribution in [0.25, 0.3) is 0 Å². The molecule has 2 amide bonds. The van der Waals surface area contributed by atoms with Crippen LogP contribution in [0.2, 0.25) is 0 Å². The fourth-order valence-electron chi connectivity index (χ4n) is 1.65. The van der Waals surface area contributed by atoms with Crippen molar-refractivity contribution in [2.24, 2.45) is 5.92 Å². The minimum absolute atomic E-state index is 0.00563. The largest absolute Gasteiger partial charge is 0.480 e. The number of rotatable bonds is 7. The zero-order valence-corrected chi connectivity index (χ0v) is 12.6. The molecule has 0 aliphatic carbocycles. The summed E-state index contributed by atoms with van der Waals surface area (Å²) >= 11 is 0. The number of hydrogen-bond acceptors (Lipinski definition) is 3. The summed E-state index contributed by atoms with van der Waals surface area (Å²) < 4.78 is 37.2. The topological polar surface area (TPSA) is 72.9 Å². The number of nitrogens with one attached hydrogen (secondary N) is 1. The quantitative estimate of drug-likeness (QED) is 0.741. The lowest BCUT2D eigenvalue weighted by atomic mass is 10.0. The molecule has 1 unspecified atom stereocenters. The smallest absolute Gasteiger partial charge is 0.406 e. The van der Waals surface area contributed by atoms with Crippen LogP contribution >= 0.6 is 0 Å². The van der Waals surface area contributed by atoms with Gasteiger partial charge in [-0.1, -0.05) is 13.8 Å². The number of halogens is 3. The molecule has 0 aromatic rings. The third-order valence-electron chi connectivity index (χ3n) is 2.66. The van der Waals surface area contributed by atoms with Gasteiger partial charge >= 0.3 is 18.2 Å². The van der Waals surface area contributed by atoms with Crippen LogP contribution in [0.4, 0.5) is 18.0 Å². The molecule has 1 atom stereocenters. The molecular weight excluding hydrogens is 291 g/mol. The van der Waals surface area contributed by atoms with Gasteiger partial charge in [-0.2, -0.15) is 13.2 Å². The van der Waals surface area contributed by atoms with Gasteiger partial charge in [0.25, 0.3) is 0 Å². The highest BCUT2D eigenvalue weighted by Crippen LogP contribution is 2.16. The van der Waals surface area contributed by atoms with Crippen LogP contribution in [-0.2, 0) is 4.79 Å². The number of alkyl halides is 3. The van der Waals surface area contributed by atoms with Crippen molar-refractivity contribution in [3.05, 3.63) is 0 Å². The maximum atomic E-state index is 12.4. The molecule has 2 N–H and O–H groups in total. The van der Waals surface area contributed by atoms with E-state index in [-0.39, 0.29) is 16.9 Å². The molecule has 0 bridgehead atoms. The molecule has 0 saturated carbocycles. The number of aliphatic carboxylic acids is 1. The van der Waals surface area contributed by atoms with Crippen LogP contribution in [0.5, 0.6) is 0 Å². The number of likely N-dealkylation sites (N-methyl/N-ethyl adjacent to an activating group) is 1. The number of nitrogens with zero attached hydrogens (tertiary/aromatic N) is 2. The van der Waals surface area contributed by atoms with E-state index in [4.69, 9.17) is 5.11 Å². The van der Waals surface area contributed by atoms with E-state index < -0.39 is 31.3 Å². The fraction of sp³-hybridized carbons (Fsp3) is 0.833. The second-order valence-electron chi connectivity index (χ2n) is 5.43. The third kappa shape index (κ3) is 9.11. The van der Waals surface area contributed by atoms with E-state index in [0.717, 1.165) is 0 Å². The minimum Gasteiger partial charge on any atom is -0.480 e. The Balaban J connectivity index is 4.88. The van der Waals surface area contributed by atoms with Crippen molar-refractivity contribution in [3.8, 4) is 0 Å². The maximum absolute atomic E-state index is 12.4. The van der Waals surface area contributed by atoms with E-state index >= 15 is 0 Å². The maximum Gasteiger partial charge on any atom is 0.406 e. The van der Waals surface area contributed by atoms with Gasteiger partial charge in [-0.25, -0.2) is 4.79 Å². The molecule has 0 radical (unpaired) electrons. The molecule has 0 aromatic heterocycles. The molecule has 0 aliphatic rings. The lowest BCUT2D eigenvalue weighted by Crippen LogP contribution is -2.53. The summed E-state index contributed by atoms with van der Waals surface area (Å²) in [5.41, 5.74) is 0. The van der Waals surface area contributed by atoms with Gasteiger partial charge in [-0.05, 0) is 20.0 Å². The Bertz CT molecular complexity index is 359. The molecule has 0 aromatic carbocycles. The van der Waals surface area contributed by atoms with Crippen LogP contribution < -0.4 is 5.32 Å². The Morgan fingerprint density at radius 1 is 1.24 bits per heavy atom. The van der Waals surface area contributed by atoms with Gasteiger partial charge in [-0.3, -0.25) is 4.79 Å². The SMILES string of the molecule is CC(C)C(CN(C)C)NC(=O)N(CC(=O)O)CC(F)(F)F. The minimum atomic E-state index is -4.65. The molecule has 0 rings (SSSR count). The van der Waals surface area contributed by atoms with Gasteiger partial charge in [0.05, 0.1) is 0 Å². The first kappa shape index (κ1) is 19.5. The highest BCUT2D eigenvalue weighted by molar-refractivity contribution is 5.80. The summed E-state index contributed by atoms with van der Waals surface area (Å²) in [6.45, 7) is 1.48. The van der Waals surface area contributed by atoms with Crippen molar-refractivity contribution in [3.63, 3.8) is 0 Å². The van der Waals surface area contributed by atoms with Gasteiger partial charge in [-0.15, -0.1) is 0 Å². The number of hydrogen-bond donors (Lipinski definition) is 2. The Morgan fingerprint density at radius 2 is 1.76 bits per heavy atom. The highest BCUT2D eigenvalue weighted by Gasteiger charge is 2.34. The van der Waals surface area contributed by atoms with E-state index in [1.165, 1.54) is 0 Å². The van der Waals surface area contributed by atoms with Gasteiger partial charge in [0.1, 0.15) is 13.1 Å². The number of amides is 2. The van der Waals surface area contributed by atoms with Gasteiger partial charge in [0.2, 0.25) is 0 Å². The van der Waals surface area contributed by atoms with E-state index in [0.29, 0.717) is 6.54 Å². The number of carbonyl (C=O) groups is 2. The zero-order chi connectivity index (χ0) is 16.8. The average molecular weight is 313 g/mol. The van der Waals surface area contributed by atoms with Crippen molar-refractivity contribution in [1.29, 1.82) is 0 Å². The fourth-order valence-corrected chi connectivity index (χ4v) is 1.65. The molecule has 0 spiro atoms. The predicted molar refractivity (Wildman–Crippen MR) is 71.0 cm³/mol. The number of carboxylic acid groups (broad SMARTS) is 1. The molecule has 0 aliphatic heterocycles. The van der Waals surface area contributed by atoms with Gasteiger partial charge in [0.15, 0.2) is 0 Å². The van der Waals surface area contributed by atoms with E-state index in [1.807, 2.05) is 13.8 Å². The highest BCUT2D eigenvalue weighted by atomic mass is 19.4. The van der Waals surface area contributed by atoms with Crippen molar-refractivity contribution in [2.45, 2.75) is 26.1 Å². The monoisotopic (exact) mass is 313 g/mol. The van der Waals surface area contributed by atoms with Crippen LogP contribution in [-0.4, -0.2) is 72.9 Å². The second kappa shape index (κ2) is 8.06. The molecule has 0 fully saturated rings. The number of carboxylic acids is 1. The van der Waals surface area contributed by atoms with Crippen molar-refractivity contribution >= 4 is 12.0 Å². The Morgan fingerprint density at radius 3 is 2.10 bits per heavy atom. The van der Waals surface area contributed by atoms with Gasteiger partial charge in [0, 0.05) is 12.6 Å². The van der Waals surface area contributed by atoms with Crippen molar-refractivity contribution < 1.29 is 27.9 Å². The normalized spacial score (nSPS) is 13.4. The predicted octanol–water partition coefficient (Wildman–Crippen LogP) is 1.23. The molecule has 124 valence electrons. The van der Waals surface area contributed by atoms with Crippen molar-refractivity contribution in [1.82, 2.24) is 15.1 Å². The molecule has 0 saturated heterocycles. The Kier molecular flexibility index (Phi) is 7.48. The summed E-state index contributed by atoms with van der Waals surface area (Å²) in [5.74, 6) is -1.50. The lowest BCUT2D eigenvalue weighted by Gasteiger charge is -2.29. The molecule has 0 heterocycles. The van der Waals surface area contributed by atoms with Crippen LogP contribution in [0, 0.1) is 5.92 Å². The first-order valence-corrected chi connectivity index (χ1v) is 6.41. The Labute approximate surface area is 121 Å². The van der Waals surface area contributed by atoms with Crippen LogP contribution in [0.3, 0.4) is 0 Å². The van der Waals surface area contributed by atoms with Crippen LogP contribution in [0.1, 0.15) is 13.8 Å². The number of carbonyl (C=O) groups excluding carboxylic acids is 1. The standard InChI is InChI=1S/C12H22F3N3O3/c1-8(2)9(5-17(3)4)16-11(21)18(6-10(19)20)7-12(13,14)15/h8-9H,5-7H2,1-4H3,(H,16,21)(H,19,20). The number of urea groups is 1.